The minimum atomic E-state index is -6.01. The first-order valence-electron chi connectivity index (χ1n) is 9.59. The molecule has 0 aromatic heterocycles. The second kappa shape index (κ2) is 8.84. The molecule has 2 rings (SSSR count). The largest absolute Gasteiger partial charge is 0.481 e. The summed E-state index contributed by atoms with van der Waals surface area (Å²) >= 11 is 0. The second-order valence-corrected chi connectivity index (χ2v) is 8.64. The zero-order chi connectivity index (χ0) is 25.4. The van der Waals surface area contributed by atoms with Crippen LogP contribution in [0.1, 0.15) is 44.7 Å². The summed E-state index contributed by atoms with van der Waals surface area (Å²) in [5.41, 5.74) is -6.92. The van der Waals surface area contributed by atoms with Gasteiger partial charge in [0.05, 0.1) is 12.1 Å². The molecule has 0 fully saturated rings. The topological polar surface area (TPSA) is 108 Å². The van der Waals surface area contributed by atoms with E-state index in [0.717, 1.165) is 12.1 Å². The van der Waals surface area contributed by atoms with E-state index in [-0.39, 0.29) is 24.1 Å². The van der Waals surface area contributed by atoms with E-state index in [4.69, 9.17) is 9.94 Å². The zero-order valence-corrected chi connectivity index (χ0v) is 17.7. The summed E-state index contributed by atoms with van der Waals surface area (Å²) in [5, 5.41) is 24.7. The van der Waals surface area contributed by atoms with E-state index in [1.54, 1.807) is 20.8 Å². The van der Waals surface area contributed by atoms with Gasteiger partial charge in [-0.15, -0.1) is 0 Å². The molecule has 3 N–H and O–H groups in total. The van der Waals surface area contributed by atoms with Gasteiger partial charge in [0.2, 0.25) is 6.10 Å². The lowest BCUT2D eigenvalue weighted by atomic mass is 9.84. The molecule has 0 bridgehead atoms. The Balaban J connectivity index is 2.16. The summed E-state index contributed by atoms with van der Waals surface area (Å²) in [6.45, 7) is 5.18. The number of aliphatic carboxylic acids is 1. The van der Waals surface area contributed by atoms with Crippen LogP contribution >= 0.6 is 0 Å². The number of nitrogens with one attached hydrogen (secondary N) is 1. The fraction of sp³-hybridized carbons (Fsp3) is 0.550. The highest BCUT2D eigenvalue weighted by molar-refractivity contribution is 6.04. The van der Waals surface area contributed by atoms with Crippen molar-refractivity contribution >= 4 is 17.6 Å². The Morgan fingerprint density at radius 1 is 1.09 bits per heavy atom. The predicted octanol–water partition coefficient (Wildman–Crippen LogP) is 3.50. The molecule has 0 aliphatic carbocycles. The number of carbonyl (C=O) groups is 2. The number of rotatable bonds is 6. The minimum Gasteiger partial charge on any atom is -0.481 e. The van der Waals surface area contributed by atoms with Crippen molar-refractivity contribution < 1.29 is 51.0 Å². The van der Waals surface area contributed by atoms with Gasteiger partial charge in [0, 0.05) is 18.0 Å². The number of hydrogen-bond acceptors (Lipinski definition) is 5. The lowest BCUT2D eigenvalue weighted by Gasteiger charge is -2.32. The number of oxime groups is 1. The number of amides is 1. The Kier molecular flexibility index (Phi) is 7.08. The fourth-order valence-electron chi connectivity index (χ4n) is 3.09. The van der Waals surface area contributed by atoms with E-state index < -0.39 is 53.0 Å². The average molecular weight is 484 g/mol. The van der Waals surface area contributed by atoms with Gasteiger partial charge in [-0.1, -0.05) is 50.2 Å². The van der Waals surface area contributed by atoms with Crippen LogP contribution in [0.25, 0.3) is 0 Å². The molecule has 2 atom stereocenters. The summed E-state index contributed by atoms with van der Waals surface area (Å²) in [7, 11) is 0. The SMILES string of the molecule is CC(C)(C)C(CC(=O)O)NC(=O)C1CC(c2ccc(C(O)(C(F)(F)F)C(F)(F)F)cc2)=NO1. The normalized spacial score (nSPS) is 18.4. The lowest BCUT2D eigenvalue weighted by Crippen LogP contribution is -2.53. The van der Waals surface area contributed by atoms with Gasteiger partial charge in [-0.05, 0) is 11.0 Å². The quantitative estimate of drug-likeness (QED) is 0.536. The maximum atomic E-state index is 13.0. The molecule has 1 aromatic carbocycles. The molecule has 2 unspecified atom stereocenters. The van der Waals surface area contributed by atoms with Crippen LogP contribution in [0, 0.1) is 5.41 Å². The predicted molar refractivity (Wildman–Crippen MR) is 102 cm³/mol. The smallest absolute Gasteiger partial charge is 0.430 e. The summed E-state index contributed by atoms with van der Waals surface area (Å²) in [4.78, 5) is 28.6. The molecular weight excluding hydrogens is 462 g/mol. The molecule has 13 heteroatoms. The highest BCUT2D eigenvalue weighted by Gasteiger charge is 2.71. The third-order valence-corrected chi connectivity index (χ3v) is 5.16. The number of benzene rings is 1. The van der Waals surface area contributed by atoms with Crippen LogP contribution in [0.5, 0.6) is 0 Å². The Morgan fingerprint density at radius 3 is 2.03 bits per heavy atom. The van der Waals surface area contributed by atoms with Gasteiger partial charge in [0.25, 0.3) is 11.5 Å². The van der Waals surface area contributed by atoms with Gasteiger partial charge in [0.15, 0.2) is 0 Å². The molecule has 0 radical (unpaired) electrons. The summed E-state index contributed by atoms with van der Waals surface area (Å²) < 4.78 is 78.0. The first-order chi connectivity index (χ1) is 14.9. The zero-order valence-electron chi connectivity index (χ0n) is 17.7. The van der Waals surface area contributed by atoms with E-state index in [2.05, 4.69) is 10.5 Å². The summed E-state index contributed by atoms with van der Waals surface area (Å²) in [5.74, 6) is -1.80. The number of nitrogens with zero attached hydrogens (tertiary/aromatic N) is 1. The monoisotopic (exact) mass is 484 g/mol. The average Bonchev–Trinajstić information content (AvgIpc) is 3.14. The van der Waals surface area contributed by atoms with Crippen LogP contribution in [0.4, 0.5) is 26.3 Å². The van der Waals surface area contributed by atoms with Crippen LogP contribution in [0.15, 0.2) is 29.4 Å². The Morgan fingerprint density at radius 2 is 1.61 bits per heavy atom. The minimum absolute atomic E-state index is 0.0785. The third kappa shape index (κ3) is 5.57. The molecule has 1 heterocycles. The van der Waals surface area contributed by atoms with Crippen LogP contribution in [-0.2, 0) is 20.0 Å². The van der Waals surface area contributed by atoms with E-state index in [9.17, 15) is 41.0 Å². The number of halogens is 6. The van der Waals surface area contributed by atoms with E-state index >= 15 is 0 Å². The van der Waals surface area contributed by atoms with Gasteiger partial charge < -0.3 is 20.4 Å². The summed E-state index contributed by atoms with van der Waals surface area (Å²) in [6, 6.07) is 1.98. The van der Waals surface area contributed by atoms with Crippen LogP contribution in [-0.4, -0.2) is 52.3 Å². The van der Waals surface area contributed by atoms with Crippen molar-refractivity contribution in [2.75, 3.05) is 0 Å². The molecule has 1 aromatic rings. The maximum Gasteiger partial charge on any atom is 0.430 e. The van der Waals surface area contributed by atoms with E-state index in [0.29, 0.717) is 12.1 Å². The number of aliphatic hydroxyl groups is 1. The first-order valence-corrected chi connectivity index (χ1v) is 9.59. The number of alkyl halides is 6. The van der Waals surface area contributed by atoms with Gasteiger partial charge in [-0.2, -0.15) is 26.3 Å². The van der Waals surface area contributed by atoms with Crippen molar-refractivity contribution in [2.45, 2.75) is 63.7 Å². The standard InChI is InChI=1S/C20H22F6N2O5/c1-17(2,3)14(9-15(29)30)27-16(31)13-8-12(28-33-13)10-4-6-11(7-5-10)18(32,19(21,22)23)20(24,25)26/h4-7,13-14,32H,8-9H2,1-3H3,(H,27,31)(H,29,30). The number of carboxylic acid groups (broad SMARTS) is 1. The highest BCUT2D eigenvalue weighted by atomic mass is 19.4. The van der Waals surface area contributed by atoms with Crippen molar-refractivity contribution in [1.82, 2.24) is 5.32 Å². The molecule has 0 saturated carbocycles. The van der Waals surface area contributed by atoms with Gasteiger partial charge in [0.1, 0.15) is 0 Å². The van der Waals surface area contributed by atoms with Gasteiger partial charge in [-0.25, -0.2) is 0 Å². The Labute approximate surface area is 184 Å². The maximum absolute atomic E-state index is 13.0. The van der Waals surface area contributed by atoms with Crippen molar-refractivity contribution in [3.8, 4) is 0 Å². The molecule has 1 amide bonds. The Hall–Kier alpha value is -2.83. The van der Waals surface area contributed by atoms with Gasteiger partial charge in [-0.3, -0.25) is 9.59 Å². The molecule has 33 heavy (non-hydrogen) atoms. The van der Waals surface area contributed by atoms with E-state index in [1.165, 1.54) is 0 Å². The van der Waals surface area contributed by atoms with E-state index in [1.807, 2.05) is 0 Å². The molecule has 1 aliphatic heterocycles. The first kappa shape index (κ1) is 26.4. The van der Waals surface area contributed by atoms with Crippen LogP contribution < -0.4 is 5.32 Å². The van der Waals surface area contributed by atoms with Crippen molar-refractivity contribution in [3.05, 3.63) is 35.4 Å². The number of carbonyl (C=O) groups excluding carboxylic acids is 1. The van der Waals surface area contributed by atoms with Crippen molar-refractivity contribution in [2.24, 2.45) is 10.6 Å². The molecule has 7 nitrogen and oxygen atoms in total. The summed E-state index contributed by atoms with van der Waals surface area (Å²) in [6.07, 6.45) is -13.7. The molecule has 184 valence electrons. The van der Waals surface area contributed by atoms with Crippen LogP contribution in [0.3, 0.4) is 0 Å². The fourth-order valence-corrected chi connectivity index (χ4v) is 3.09. The Bertz CT molecular complexity index is 905. The number of carboxylic acids is 1. The molecule has 0 saturated heterocycles. The number of hydrogen-bond donors (Lipinski definition) is 3. The van der Waals surface area contributed by atoms with Crippen molar-refractivity contribution in [1.29, 1.82) is 0 Å². The second-order valence-electron chi connectivity index (χ2n) is 8.64. The molecule has 0 spiro atoms. The third-order valence-electron chi connectivity index (χ3n) is 5.16. The highest BCUT2D eigenvalue weighted by Crippen LogP contribution is 2.50. The lowest BCUT2D eigenvalue weighted by molar-refractivity contribution is -0.376. The molecule has 1 aliphatic rings. The van der Waals surface area contributed by atoms with Crippen LogP contribution in [0.2, 0.25) is 0 Å². The van der Waals surface area contributed by atoms with Crippen molar-refractivity contribution in [3.63, 3.8) is 0 Å². The van der Waals surface area contributed by atoms with Gasteiger partial charge >= 0.3 is 18.3 Å². The molecular formula is C20H22F6N2O5.